The van der Waals surface area contributed by atoms with Gasteiger partial charge in [0.15, 0.2) is 0 Å². The molecule has 0 aliphatic carbocycles. The molecule has 1 aromatic rings. The first kappa shape index (κ1) is 10.5. The fourth-order valence-corrected chi connectivity index (χ4v) is 0.545. The zero-order valence-corrected chi connectivity index (χ0v) is 7.67. The van der Waals surface area contributed by atoms with Crippen LogP contribution < -0.4 is 0 Å². The molecule has 0 bridgehead atoms. The van der Waals surface area contributed by atoms with Crippen LogP contribution in [0.15, 0.2) is 24.3 Å². The van der Waals surface area contributed by atoms with Crippen molar-refractivity contribution < 1.29 is 31.6 Å². The number of phenols is 1. The topological polar surface area (TPSA) is 57.5 Å². The van der Waals surface area contributed by atoms with Gasteiger partial charge in [-0.05, 0) is 19.1 Å². The summed E-state index contributed by atoms with van der Waals surface area (Å²) in [5, 5.41) is 8.76. The second-order valence-corrected chi connectivity index (χ2v) is 2.21. The molecule has 0 atom stereocenters. The van der Waals surface area contributed by atoms with E-state index in [1.54, 1.807) is 12.1 Å². The van der Waals surface area contributed by atoms with Crippen LogP contribution >= 0.6 is 0 Å². The summed E-state index contributed by atoms with van der Waals surface area (Å²) in [4.78, 5) is 0. The van der Waals surface area contributed by atoms with Gasteiger partial charge >= 0.3 is 26.5 Å². The van der Waals surface area contributed by atoms with Crippen molar-refractivity contribution in [3.8, 4) is 5.75 Å². The Hall–Kier alpha value is -0.506. The summed E-state index contributed by atoms with van der Waals surface area (Å²) < 4.78 is 15.8. The van der Waals surface area contributed by atoms with Gasteiger partial charge < -0.3 is 5.11 Å². The number of hydrogen-bond acceptors (Lipinski definition) is 2. The van der Waals surface area contributed by atoms with Crippen LogP contribution in [0.1, 0.15) is 5.56 Å². The summed E-state index contributed by atoms with van der Waals surface area (Å²) >= 11 is -1.75. The van der Waals surface area contributed by atoms with Crippen molar-refractivity contribution in [2.24, 2.45) is 0 Å². The zero-order valence-electron chi connectivity index (χ0n) is 6.11. The number of aryl methyl sites for hydroxylation is 1. The van der Waals surface area contributed by atoms with Gasteiger partial charge in [0, 0.05) is 0 Å². The molecular weight excluding hydrogens is 180 g/mol. The molecule has 0 radical (unpaired) electrons. The summed E-state index contributed by atoms with van der Waals surface area (Å²) in [6.07, 6.45) is 0. The van der Waals surface area contributed by atoms with Gasteiger partial charge in [0.05, 0.1) is 0 Å². The molecule has 2 N–H and O–H groups in total. The van der Waals surface area contributed by atoms with E-state index in [0.717, 1.165) is 0 Å². The molecule has 11 heavy (non-hydrogen) atoms. The Kier molecular flexibility index (Phi) is 5.93. The molecule has 0 spiro atoms. The van der Waals surface area contributed by atoms with E-state index in [1.807, 2.05) is 19.1 Å². The molecule has 0 unspecified atom stereocenters. The molecule has 59 valence electrons. The first-order valence-corrected chi connectivity index (χ1v) is 4.31. The Labute approximate surface area is 74.4 Å². The molecule has 1 aromatic carbocycles. The molecule has 0 amide bonds. The molecule has 0 aliphatic heterocycles. The molecule has 0 aliphatic rings. The molecule has 0 saturated heterocycles. The van der Waals surface area contributed by atoms with Crippen molar-refractivity contribution in [2.75, 3.05) is 0 Å². The monoisotopic (exact) mass is 189 g/mol. The third kappa shape index (κ3) is 5.92. The van der Waals surface area contributed by atoms with E-state index in [0.29, 0.717) is 5.75 Å². The average Bonchev–Trinajstić information content (AvgIpc) is 1.97. The number of phenolic OH excluding ortho intramolecular Hbond substituents is 1. The second-order valence-electron chi connectivity index (χ2n) is 1.93. The average molecular weight is 189 g/mol. The van der Waals surface area contributed by atoms with Crippen molar-refractivity contribution >= 4 is 0 Å². The fraction of sp³-hybridized carbons (Fsp3) is 0.143. The molecule has 0 fully saturated rings. The van der Waals surface area contributed by atoms with Crippen molar-refractivity contribution in [2.45, 2.75) is 6.92 Å². The normalized spacial score (nSPS) is 7.45. The van der Waals surface area contributed by atoms with E-state index in [-0.39, 0.29) is 0 Å². The molecule has 0 heterocycles. The number of aromatic hydroxyl groups is 1. The summed E-state index contributed by atoms with van der Waals surface area (Å²) in [5.74, 6) is 0.329. The molecular formula is C7H9O3Ti. The van der Waals surface area contributed by atoms with Crippen LogP contribution in [0, 0.1) is 6.92 Å². The van der Waals surface area contributed by atoms with Crippen LogP contribution in [-0.4, -0.2) is 8.79 Å². The number of hydrogen-bond donors (Lipinski definition) is 2. The summed E-state index contributed by atoms with van der Waals surface area (Å²) in [5.41, 5.74) is 1.17. The van der Waals surface area contributed by atoms with Crippen LogP contribution in [0.25, 0.3) is 0 Å². The van der Waals surface area contributed by atoms with Crippen LogP contribution in [0.5, 0.6) is 5.75 Å². The van der Waals surface area contributed by atoms with Crippen LogP contribution in [0.4, 0.5) is 0 Å². The molecule has 4 heteroatoms. The first-order valence-electron chi connectivity index (χ1n) is 2.97. The standard InChI is InChI=1S/C7H8O.H2O.O.Ti/c1-6-2-4-7(8)5-3-6;;;/h2-5,8H,1H3;1H2;;/q;;;+1/p-1. The fourth-order valence-electron chi connectivity index (χ4n) is 0.545. The first-order chi connectivity index (χ1) is 5.20. The number of rotatable bonds is 0. The third-order valence-electron chi connectivity index (χ3n) is 1.03. The van der Waals surface area contributed by atoms with E-state index in [1.165, 1.54) is 5.56 Å². The minimum atomic E-state index is -1.75. The Morgan fingerprint density at radius 2 is 1.64 bits per heavy atom. The summed E-state index contributed by atoms with van der Waals surface area (Å²) in [6, 6.07) is 7.09. The van der Waals surface area contributed by atoms with Gasteiger partial charge in [0.25, 0.3) is 0 Å². The summed E-state index contributed by atoms with van der Waals surface area (Å²) in [7, 11) is 0. The Balaban J connectivity index is 0.000000292. The van der Waals surface area contributed by atoms with Crippen molar-refractivity contribution in [3.63, 3.8) is 0 Å². The molecule has 1 rings (SSSR count). The Morgan fingerprint density at radius 1 is 1.27 bits per heavy atom. The number of benzene rings is 1. The predicted octanol–water partition coefficient (Wildman–Crippen LogP) is 1.02. The van der Waals surface area contributed by atoms with Gasteiger partial charge in [-0.25, -0.2) is 0 Å². The predicted molar refractivity (Wildman–Crippen MR) is 35.7 cm³/mol. The van der Waals surface area contributed by atoms with Gasteiger partial charge in [0.1, 0.15) is 5.75 Å². The quantitative estimate of drug-likeness (QED) is 0.599. The van der Waals surface area contributed by atoms with Crippen LogP contribution in [-0.2, 0) is 22.8 Å². The van der Waals surface area contributed by atoms with Gasteiger partial charge in [0.2, 0.25) is 0 Å². The molecule has 0 saturated carbocycles. The second kappa shape index (κ2) is 6.22. The van der Waals surface area contributed by atoms with Crippen molar-refractivity contribution in [3.05, 3.63) is 29.8 Å². The van der Waals surface area contributed by atoms with Crippen molar-refractivity contribution in [1.82, 2.24) is 0 Å². The van der Waals surface area contributed by atoms with Gasteiger partial charge in [-0.15, -0.1) is 0 Å². The van der Waals surface area contributed by atoms with Gasteiger partial charge in [-0.3, -0.25) is 0 Å². The zero-order chi connectivity index (χ0) is 8.69. The Bertz CT molecular complexity index is 186. The van der Waals surface area contributed by atoms with Crippen LogP contribution in [0.3, 0.4) is 0 Å². The van der Waals surface area contributed by atoms with Gasteiger partial charge in [-0.1, -0.05) is 17.7 Å². The Morgan fingerprint density at radius 3 is 1.91 bits per heavy atom. The third-order valence-corrected chi connectivity index (χ3v) is 1.03. The minimum absolute atomic E-state index is 0.329. The van der Waals surface area contributed by atoms with E-state index < -0.39 is 19.5 Å². The maximum absolute atomic E-state index is 8.76. The molecule has 3 nitrogen and oxygen atoms in total. The molecule has 0 aromatic heterocycles. The van der Waals surface area contributed by atoms with E-state index in [2.05, 4.69) is 0 Å². The summed E-state index contributed by atoms with van der Waals surface area (Å²) in [6.45, 7) is 1.99. The van der Waals surface area contributed by atoms with Gasteiger partial charge in [-0.2, -0.15) is 0 Å². The van der Waals surface area contributed by atoms with E-state index in [9.17, 15) is 0 Å². The van der Waals surface area contributed by atoms with Crippen LogP contribution in [0.2, 0.25) is 0 Å². The maximum atomic E-state index is 8.76. The SMILES string of the molecule is Cc1ccc(O)cc1.[O]=[Ti][OH]. The van der Waals surface area contributed by atoms with Crippen molar-refractivity contribution in [1.29, 1.82) is 0 Å². The van der Waals surface area contributed by atoms with E-state index >= 15 is 0 Å². The van der Waals surface area contributed by atoms with E-state index in [4.69, 9.17) is 12.1 Å².